The van der Waals surface area contributed by atoms with E-state index >= 15 is 0 Å². The lowest BCUT2D eigenvalue weighted by atomic mass is 9.87. The Labute approximate surface area is 147 Å². The molecule has 8 nitrogen and oxygen atoms in total. The fourth-order valence-corrected chi connectivity index (χ4v) is 3.21. The van der Waals surface area contributed by atoms with Gasteiger partial charge in [0.2, 0.25) is 5.95 Å². The van der Waals surface area contributed by atoms with Gasteiger partial charge in [0, 0.05) is 51.3 Å². The zero-order valence-electron chi connectivity index (χ0n) is 14.9. The molecule has 0 atom stereocenters. The molecular formula is C17H24N6O2. The van der Waals surface area contributed by atoms with Crippen LogP contribution in [0.4, 0.5) is 11.8 Å². The number of carboxylic acid groups (broad SMARTS) is 1. The van der Waals surface area contributed by atoms with Crippen LogP contribution in [0, 0.1) is 0 Å². The minimum Gasteiger partial charge on any atom is -0.479 e. The number of anilines is 2. The fourth-order valence-electron chi connectivity index (χ4n) is 3.21. The molecule has 2 aromatic rings. The second kappa shape index (κ2) is 6.70. The Morgan fingerprint density at radius 2 is 2.04 bits per heavy atom. The zero-order chi connectivity index (χ0) is 18.0. The van der Waals surface area contributed by atoms with Gasteiger partial charge in [-0.05, 0) is 19.3 Å². The van der Waals surface area contributed by atoms with E-state index in [0.29, 0.717) is 31.9 Å². The Morgan fingerprint density at radius 1 is 1.32 bits per heavy atom. The molecule has 2 aromatic heterocycles. The quantitative estimate of drug-likeness (QED) is 0.877. The molecule has 25 heavy (non-hydrogen) atoms. The van der Waals surface area contributed by atoms with Crippen LogP contribution < -0.4 is 9.80 Å². The van der Waals surface area contributed by atoms with Gasteiger partial charge in [-0.3, -0.25) is 0 Å². The Morgan fingerprint density at radius 3 is 2.56 bits per heavy atom. The second-order valence-electron chi connectivity index (χ2n) is 6.56. The normalized spacial score (nSPS) is 16.7. The maximum atomic E-state index is 12.0. The van der Waals surface area contributed by atoms with Gasteiger partial charge in [-0.1, -0.05) is 6.92 Å². The third-order valence-electron chi connectivity index (χ3n) is 4.83. The third-order valence-corrected chi connectivity index (χ3v) is 4.83. The summed E-state index contributed by atoms with van der Waals surface area (Å²) in [5.74, 6) is 0.732. The minimum absolute atomic E-state index is 0.501. The first kappa shape index (κ1) is 17.2. The number of aromatic nitrogens is 4. The van der Waals surface area contributed by atoms with Crippen molar-refractivity contribution >= 4 is 17.7 Å². The summed E-state index contributed by atoms with van der Waals surface area (Å²) in [6.07, 6.45) is 6.78. The van der Waals surface area contributed by atoms with Crippen LogP contribution in [0.3, 0.4) is 0 Å². The van der Waals surface area contributed by atoms with Gasteiger partial charge in [0.05, 0.1) is 6.33 Å². The summed E-state index contributed by atoms with van der Waals surface area (Å²) in [5, 5.41) is 9.82. The lowest BCUT2D eigenvalue weighted by molar-refractivity contribution is -0.148. The molecule has 0 aromatic carbocycles. The summed E-state index contributed by atoms with van der Waals surface area (Å²) in [6, 6.07) is 2.00. The Hall–Kier alpha value is -2.64. The molecule has 134 valence electrons. The fraction of sp³-hybridized carbons (Fsp3) is 0.529. The smallest absolute Gasteiger partial charge is 0.330 e. The van der Waals surface area contributed by atoms with Crippen LogP contribution in [0.1, 0.15) is 25.5 Å². The van der Waals surface area contributed by atoms with Crippen LogP contribution in [0.25, 0.3) is 0 Å². The van der Waals surface area contributed by atoms with Gasteiger partial charge in [-0.15, -0.1) is 0 Å². The molecule has 0 saturated carbocycles. The highest BCUT2D eigenvalue weighted by atomic mass is 16.4. The summed E-state index contributed by atoms with van der Waals surface area (Å²) < 4.78 is 1.72. The third kappa shape index (κ3) is 3.16. The summed E-state index contributed by atoms with van der Waals surface area (Å²) >= 11 is 0. The maximum absolute atomic E-state index is 12.0. The van der Waals surface area contributed by atoms with E-state index in [1.54, 1.807) is 23.3 Å². The van der Waals surface area contributed by atoms with E-state index in [1.807, 2.05) is 25.1 Å². The predicted molar refractivity (Wildman–Crippen MR) is 95.0 cm³/mol. The molecule has 0 radical (unpaired) electrons. The first-order valence-corrected chi connectivity index (χ1v) is 8.48. The van der Waals surface area contributed by atoms with E-state index in [4.69, 9.17) is 0 Å². The predicted octanol–water partition coefficient (Wildman–Crippen LogP) is 1.38. The number of nitrogens with zero attached hydrogens (tertiary/aromatic N) is 6. The van der Waals surface area contributed by atoms with Crippen LogP contribution in [0.15, 0.2) is 24.8 Å². The lowest BCUT2D eigenvalue weighted by Gasteiger charge is -2.40. The molecule has 0 bridgehead atoms. The summed E-state index contributed by atoms with van der Waals surface area (Å²) in [4.78, 5) is 29.2. The van der Waals surface area contributed by atoms with E-state index in [2.05, 4.69) is 26.8 Å². The lowest BCUT2D eigenvalue weighted by Crippen LogP contribution is -2.51. The van der Waals surface area contributed by atoms with Crippen LogP contribution in [-0.4, -0.2) is 57.8 Å². The molecule has 0 amide bonds. The molecule has 0 unspecified atom stereocenters. The summed E-state index contributed by atoms with van der Waals surface area (Å²) in [7, 11) is 3.84. The first-order valence-electron chi connectivity index (χ1n) is 8.48. The molecule has 1 fully saturated rings. The van der Waals surface area contributed by atoms with Gasteiger partial charge in [0.15, 0.2) is 0 Å². The number of imidazole rings is 1. The van der Waals surface area contributed by atoms with Crippen molar-refractivity contribution in [1.29, 1.82) is 0 Å². The van der Waals surface area contributed by atoms with Gasteiger partial charge in [0.25, 0.3) is 0 Å². The first-order chi connectivity index (χ1) is 12.0. The van der Waals surface area contributed by atoms with Crippen molar-refractivity contribution in [1.82, 2.24) is 19.5 Å². The van der Waals surface area contributed by atoms with E-state index < -0.39 is 11.5 Å². The van der Waals surface area contributed by atoms with Crippen molar-refractivity contribution < 1.29 is 9.90 Å². The summed E-state index contributed by atoms with van der Waals surface area (Å²) in [5.41, 5.74) is 0.0521. The molecule has 3 rings (SSSR count). The van der Waals surface area contributed by atoms with E-state index in [1.165, 1.54) is 0 Å². The van der Waals surface area contributed by atoms with Crippen molar-refractivity contribution in [2.45, 2.75) is 31.7 Å². The molecule has 1 N–H and O–H groups in total. The topological polar surface area (TPSA) is 87.4 Å². The van der Waals surface area contributed by atoms with Crippen molar-refractivity contribution in [3.8, 4) is 0 Å². The number of hydrogen-bond acceptors (Lipinski definition) is 6. The van der Waals surface area contributed by atoms with Crippen LogP contribution >= 0.6 is 0 Å². The number of piperidine rings is 1. The molecular weight excluding hydrogens is 320 g/mol. The van der Waals surface area contributed by atoms with Gasteiger partial charge < -0.3 is 19.5 Å². The Kier molecular flexibility index (Phi) is 4.61. The summed E-state index contributed by atoms with van der Waals surface area (Å²) in [6.45, 7) is 3.31. The molecule has 8 heteroatoms. The van der Waals surface area contributed by atoms with E-state index in [0.717, 1.165) is 17.9 Å². The Balaban J connectivity index is 1.84. The molecule has 1 saturated heterocycles. The highest BCUT2D eigenvalue weighted by molar-refractivity contribution is 5.77. The van der Waals surface area contributed by atoms with Crippen molar-refractivity contribution in [3.05, 3.63) is 30.5 Å². The number of rotatable bonds is 5. The zero-order valence-corrected chi connectivity index (χ0v) is 14.9. The molecule has 1 aliphatic rings. The Bertz CT molecular complexity index is 736. The maximum Gasteiger partial charge on any atom is 0.330 e. The largest absolute Gasteiger partial charge is 0.479 e. The number of carboxylic acids is 1. The highest BCUT2D eigenvalue weighted by Crippen LogP contribution is 2.32. The monoisotopic (exact) mass is 344 g/mol. The minimum atomic E-state index is -0.933. The van der Waals surface area contributed by atoms with Gasteiger partial charge >= 0.3 is 5.97 Å². The average molecular weight is 344 g/mol. The number of aliphatic carboxylic acids is 1. The SMILES string of the molecule is CCc1cc(N2CCC(C(=O)O)(n3ccnc3)CC2)nc(N(C)C)n1. The number of aryl methyl sites for hydroxylation is 1. The van der Waals surface area contributed by atoms with E-state index in [9.17, 15) is 9.90 Å². The molecule has 0 aliphatic carbocycles. The standard InChI is InChI=1S/C17H24N6O2/c1-4-13-11-14(20-16(19-13)21(2)3)22-8-5-17(6-9-22,15(24)25)23-10-7-18-12-23/h7,10-12H,4-6,8-9H2,1-3H3,(H,24,25). The number of carbonyl (C=O) groups is 1. The second-order valence-corrected chi connectivity index (χ2v) is 6.56. The van der Waals surface area contributed by atoms with Crippen LogP contribution in [-0.2, 0) is 16.8 Å². The van der Waals surface area contributed by atoms with Crippen molar-refractivity contribution in [2.75, 3.05) is 37.0 Å². The molecule has 1 aliphatic heterocycles. The van der Waals surface area contributed by atoms with Crippen molar-refractivity contribution in [3.63, 3.8) is 0 Å². The van der Waals surface area contributed by atoms with Gasteiger partial charge in [0.1, 0.15) is 11.4 Å². The van der Waals surface area contributed by atoms with Crippen molar-refractivity contribution in [2.24, 2.45) is 0 Å². The molecule has 3 heterocycles. The van der Waals surface area contributed by atoms with Gasteiger partial charge in [-0.25, -0.2) is 14.8 Å². The van der Waals surface area contributed by atoms with Gasteiger partial charge in [-0.2, -0.15) is 4.98 Å². The van der Waals surface area contributed by atoms with E-state index in [-0.39, 0.29) is 0 Å². The highest BCUT2D eigenvalue weighted by Gasteiger charge is 2.43. The number of hydrogen-bond donors (Lipinski definition) is 1. The van der Waals surface area contributed by atoms with Crippen LogP contribution in [0.5, 0.6) is 0 Å². The van der Waals surface area contributed by atoms with Crippen LogP contribution in [0.2, 0.25) is 0 Å². The molecule has 0 spiro atoms. The average Bonchev–Trinajstić information content (AvgIpc) is 3.16.